The highest BCUT2D eigenvalue weighted by Gasteiger charge is 2.06. The largest absolute Gasteiger partial charge is 0.493 e. The van der Waals surface area contributed by atoms with E-state index in [4.69, 9.17) is 4.74 Å². The second kappa shape index (κ2) is 6.31. The molecule has 0 fully saturated rings. The fourth-order valence-corrected chi connectivity index (χ4v) is 1.80. The maximum absolute atomic E-state index is 10.5. The molecule has 0 aliphatic rings. The van der Waals surface area contributed by atoms with Crippen LogP contribution in [0, 0.1) is 13.8 Å². The smallest absolute Gasteiger partial charge is 0.125 e. The zero-order valence-corrected chi connectivity index (χ0v) is 10.4. The number of hydrogen-bond donors (Lipinski definition) is 0. The van der Waals surface area contributed by atoms with Gasteiger partial charge in [-0.1, -0.05) is 25.5 Å². The summed E-state index contributed by atoms with van der Waals surface area (Å²) in [6.45, 7) is 6.98. The molecule has 2 nitrogen and oxygen atoms in total. The van der Waals surface area contributed by atoms with Crippen molar-refractivity contribution in [3.05, 3.63) is 28.8 Å². The summed E-state index contributed by atoms with van der Waals surface area (Å²) in [5.41, 5.74) is 3.30. The average molecular weight is 220 g/mol. The van der Waals surface area contributed by atoms with E-state index in [1.807, 2.05) is 26.0 Å². The maximum atomic E-state index is 10.5. The Bertz CT molecular complexity index is 333. The van der Waals surface area contributed by atoms with E-state index in [1.54, 1.807) is 0 Å². The molecule has 1 aromatic carbocycles. The van der Waals surface area contributed by atoms with Gasteiger partial charge in [-0.25, -0.2) is 0 Å². The van der Waals surface area contributed by atoms with Crippen molar-refractivity contribution in [3.63, 3.8) is 0 Å². The summed E-state index contributed by atoms with van der Waals surface area (Å²) < 4.78 is 5.75. The van der Waals surface area contributed by atoms with Gasteiger partial charge in [0.2, 0.25) is 0 Å². The van der Waals surface area contributed by atoms with Gasteiger partial charge in [0.05, 0.1) is 6.61 Å². The summed E-state index contributed by atoms with van der Waals surface area (Å²) in [7, 11) is 0. The second-order valence-corrected chi connectivity index (χ2v) is 4.13. The second-order valence-electron chi connectivity index (χ2n) is 4.13. The Hall–Kier alpha value is -1.31. The Balaban J connectivity index is 2.80. The van der Waals surface area contributed by atoms with Crippen LogP contribution in [0.25, 0.3) is 0 Å². The van der Waals surface area contributed by atoms with Crippen LogP contribution in [-0.2, 0) is 11.2 Å². The van der Waals surface area contributed by atoms with Gasteiger partial charge in [-0.3, -0.25) is 0 Å². The maximum Gasteiger partial charge on any atom is 0.125 e. The first kappa shape index (κ1) is 12.8. The van der Waals surface area contributed by atoms with Gasteiger partial charge in [0.25, 0.3) is 0 Å². The minimum absolute atomic E-state index is 0.483. The zero-order valence-electron chi connectivity index (χ0n) is 10.4. The quantitative estimate of drug-likeness (QED) is 0.543. The highest BCUT2D eigenvalue weighted by molar-refractivity contribution is 5.57. The minimum Gasteiger partial charge on any atom is -0.493 e. The Morgan fingerprint density at radius 1 is 1.25 bits per heavy atom. The lowest BCUT2D eigenvalue weighted by Gasteiger charge is -2.13. The third kappa shape index (κ3) is 3.37. The van der Waals surface area contributed by atoms with Gasteiger partial charge in [0, 0.05) is 6.42 Å². The monoisotopic (exact) mass is 220 g/mol. The molecule has 0 aliphatic carbocycles. The third-order valence-electron chi connectivity index (χ3n) is 2.58. The molecule has 0 spiro atoms. The van der Waals surface area contributed by atoms with Crippen molar-refractivity contribution in [2.24, 2.45) is 0 Å². The van der Waals surface area contributed by atoms with Crippen molar-refractivity contribution >= 4 is 6.29 Å². The summed E-state index contributed by atoms with van der Waals surface area (Å²) in [5, 5.41) is 0. The molecule has 0 atom stereocenters. The fourth-order valence-electron chi connectivity index (χ4n) is 1.80. The van der Waals surface area contributed by atoms with Crippen LogP contribution in [0.3, 0.4) is 0 Å². The SMILES string of the molecule is CCCCOc1c(C)cc(CC=O)cc1C. The number of ether oxygens (including phenoxy) is 1. The van der Waals surface area contributed by atoms with E-state index in [-0.39, 0.29) is 0 Å². The number of aldehydes is 1. The Morgan fingerprint density at radius 3 is 2.38 bits per heavy atom. The van der Waals surface area contributed by atoms with Gasteiger partial charge in [0.15, 0.2) is 0 Å². The van der Waals surface area contributed by atoms with Gasteiger partial charge in [-0.15, -0.1) is 0 Å². The molecule has 0 bridgehead atoms. The number of unbranched alkanes of at least 4 members (excludes halogenated alkanes) is 1. The number of carbonyl (C=O) groups excluding carboxylic acids is 1. The van der Waals surface area contributed by atoms with E-state index in [0.717, 1.165) is 48.2 Å². The predicted octanol–water partition coefficient (Wildman–Crippen LogP) is 3.22. The van der Waals surface area contributed by atoms with Crippen LogP contribution in [0.15, 0.2) is 12.1 Å². The van der Waals surface area contributed by atoms with Crippen molar-refractivity contribution in [1.29, 1.82) is 0 Å². The highest BCUT2D eigenvalue weighted by Crippen LogP contribution is 2.25. The van der Waals surface area contributed by atoms with Crippen LogP contribution in [-0.4, -0.2) is 12.9 Å². The normalized spacial score (nSPS) is 10.2. The van der Waals surface area contributed by atoms with Gasteiger partial charge in [-0.2, -0.15) is 0 Å². The van der Waals surface area contributed by atoms with E-state index in [1.165, 1.54) is 0 Å². The number of hydrogen-bond acceptors (Lipinski definition) is 2. The summed E-state index contributed by atoms with van der Waals surface area (Å²) in [6.07, 6.45) is 3.64. The average Bonchev–Trinajstić information content (AvgIpc) is 2.23. The van der Waals surface area contributed by atoms with E-state index in [0.29, 0.717) is 6.42 Å². The first-order chi connectivity index (χ1) is 7.69. The third-order valence-corrected chi connectivity index (χ3v) is 2.58. The zero-order chi connectivity index (χ0) is 12.0. The topological polar surface area (TPSA) is 26.3 Å². The molecule has 0 unspecified atom stereocenters. The molecular weight excluding hydrogens is 200 g/mol. The number of rotatable bonds is 6. The molecule has 0 heterocycles. The minimum atomic E-state index is 0.483. The molecule has 0 aromatic heterocycles. The molecular formula is C14H20O2. The van der Waals surface area contributed by atoms with E-state index >= 15 is 0 Å². The first-order valence-corrected chi connectivity index (χ1v) is 5.85. The van der Waals surface area contributed by atoms with Crippen molar-refractivity contribution in [1.82, 2.24) is 0 Å². The first-order valence-electron chi connectivity index (χ1n) is 5.85. The van der Waals surface area contributed by atoms with Crippen molar-refractivity contribution in [3.8, 4) is 5.75 Å². The molecule has 0 saturated carbocycles. The van der Waals surface area contributed by atoms with Crippen molar-refractivity contribution < 1.29 is 9.53 Å². The van der Waals surface area contributed by atoms with E-state index < -0.39 is 0 Å². The van der Waals surface area contributed by atoms with Crippen LogP contribution in [0.2, 0.25) is 0 Å². The van der Waals surface area contributed by atoms with Crippen LogP contribution < -0.4 is 4.74 Å². The molecule has 2 heteroatoms. The summed E-state index contributed by atoms with van der Waals surface area (Å²) in [6, 6.07) is 4.06. The van der Waals surface area contributed by atoms with Gasteiger partial charge in [-0.05, 0) is 37.0 Å². The lowest BCUT2D eigenvalue weighted by Crippen LogP contribution is -2.01. The lowest BCUT2D eigenvalue weighted by atomic mass is 10.0. The van der Waals surface area contributed by atoms with Crippen LogP contribution in [0.5, 0.6) is 5.75 Å². The van der Waals surface area contributed by atoms with Crippen molar-refractivity contribution in [2.75, 3.05) is 6.61 Å². The molecule has 16 heavy (non-hydrogen) atoms. The Labute approximate surface area is 97.6 Å². The highest BCUT2D eigenvalue weighted by atomic mass is 16.5. The van der Waals surface area contributed by atoms with Gasteiger partial charge < -0.3 is 9.53 Å². The number of carbonyl (C=O) groups is 1. The molecule has 0 radical (unpaired) electrons. The van der Waals surface area contributed by atoms with Gasteiger partial charge in [0.1, 0.15) is 12.0 Å². The van der Waals surface area contributed by atoms with Crippen LogP contribution in [0.1, 0.15) is 36.5 Å². The molecule has 1 aromatic rings. The number of benzene rings is 1. The Kier molecular flexibility index (Phi) is 5.03. The predicted molar refractivity (Wildman–Crippen MR) is 66.1 cm³/mol. The van der Waals surface area contributed by atoms with E-state index in [9.17, 15) is 4.79 Å². The summed E-state index contributed by atoms with van der Waals surface area (Å²) >= 11 is 0. The van der Waals surface area contributed by atoms with E-state index in [2.05, 4.69) is 6.92 Å². The van der Waals surface area contributed by atoms with Crippen LogP contribution >= 0.6 is 0 Å². The Morgan fingerprint density at radius 2 is 1.88 bits per heavy atom. The molecule has 88 valence electrons. The van der Waals surface area contributed by atoms with Crippen LogP contribution in [0.4, 0.5) is 0 Å². The molecule has 0 saturated heterocycles. The molecule has 0 amide bonds. The van der Waals surface area contributed by atoms with Gasteiger partial charge >= 0.3 is 0 Å². The van der Waals surface area contributed by atoms with Crippen molar-refractivity contribution in [2.45, 2.75) is 40.0 Å². The standard InChI is InChI=1S/C14H20O2/c1-4-5-8-16-14-11(2)9-13(6-7-15)10-12(14)3/h7,9-10H,4-6,8H2,1-3H3. The lowest BCUT2D eigenvalue weighted by molar-refractivity contribution is -0.107. The molecule has 0 N–H and O–H groups in total. The summed E-state index contributed by atoms with van der Waals surface area (Å²) in [4.78, 5) is 10.5. The fraction of sp³-hybridized carbons (Fsp3) is 0.500. The number of aryl methyl sites for hydroxylation is 2. The summed E-state index contributed by atoms with van der Waals surface area (Å²) in [5.74, 6) is 0.975. The molecule has 1 rings (SSSR count). The molecule has 0 aliphatic heterocycles.